The summed E-state index contributed by atoms with van der Waals surface area (Å²) in [6, 6.07) is 9.48. The minimum atomic E-state index is -4.89. The van der Waals surface area contributed by atoms with E-state index in [1.54, 1.807) is 6.07 Å². The second kappa shape index (κ2) is 11.9. The number of hydrogen-bond donors (Lipinski definition) is 0. The summed E-state index contributed by atoms with van der Waals surface area (Å²) in [5.74, 6) is 1.04. The predicted molar refractivity (Wildman–Crippen MR) is 147 cm³/mol. The van der Waals surface area contributed by atoms with Crippen molar-refractivity contribution in [2.45, 2.75) is 64.0 Å². The molecule has 3 aromatic carbocycles. The Morgan fingerprint density at radius 1 is 0.854 bits per heavy atom. The van der Waals surface area contributed by atoms with Gasteiger partial charge in [-0.2, -0.15) is 13.2 Å². The molecule has 1 fully saturated rings. The number of unbranched alkanes of at least 4 members (excludes halogenated alkanes) is 1. The highest BCUT2D eigenvalue weighted by atomic mass is 19.4. The number of alkyl halides is 3. The van der Waals surface area contributed by atoms with Crippen LogP contribution in [0.15, 0.2) is 54.9 Å². The molecule has 212 valence electrons. The molecule has 8 heteroatoms. The van der Waals surface area contributed by atoms with Gasteiger partial charge in [0.2, 0.25) is 0 Å². The number of benzene rings is 3. The van der Waals surface area contributed by atoms with E-state index >= 15 is 4.39 Å². The highest BCUT2D eigenvalue weighted by Gasteiger charge is 2.24. The number of hydrogen-bond acceptors (Lipinski definition) is 2. The molecule has 41 heavy (non-hydrogen) atoms. The van der Waals surface area contributed by atoms with Crippen molar-refractivity contribution in [2.75, 3.05) is 0 Å². The van der Waals surface area contributed by atoms with Crippen molar-refractivity contribution in [2.24, 2.45) is 5.92 Å². The topological polar surface area (TPSA) is 25.8 Å². The second-order valence-electron chi connectivity index (χ2n) is 10.6. The van der Waals surface area contributed by atoms with E-state index in [0.29, 0.717) is 22.9 Å². The maximum Gasteiger partial charge on any atom is 0.458 e. The molecule has 0 saturated heterocycles. The maximum atomic E-state index is 15.2. The lowest BCUT2D eigenvalue weighted by Crippen LogP contribution is -2.13. The third-order valence-electron chi connectivity index (χ3n) is 7.85. The smallest absolute Gasteiger partial charge is 0.236 e. The molecule has 1 saturated carbocycles. The molecule has 0 radical (unpaired) electrons. The Morgan fingerprint density at radius 3 is 2.22 bits per heavy atom. The van der Waals surface area contributed by atoms with Crippen molar-refractivity contribution in [1.29, 1.82) is 0 Å². The molecule has 0 bridgehead atoms. The van der Waals surface area contributed by atoms with Gasteiger partial charge in [-0.05, 0) is 72.2 Å². The molecular weight excluding hydrogens is 538 g/mol. The number of halogens is 6. The van der Waals surface area contributed by atoms with Gasteiger partial charge in [0.15, 0.2) is 5.82 Å². The fraction of sp³-hybridized carbons (Fsp3) is 0.333. The minimum Gasteiger partial charge on any atom is -0.236 e. The van der Waals surface area contributed by atoms with E-state index < -0.39 is 29.2 Å². The van der Waals surface area contributed by atoms with Crippen LogP contribution in [0.4, 0.5) is 26.3 Å². The molecule has 0 atom stereocenters. The molecule has 1 heterocycles. The Kier molecular flexibility index (Phi) is 8.35. The molecule has 0 amide bonds. The van der Waals surface area contributed by atoms with E-state index in [2.05, 4.69) is 16.9 Å². The zero-order chi connectivity index (χ0) is 29.1. The van der Waals surface area contributed by atoms with Gasteiger partial charge in [-0.3, -0.25) is 0 Å². The zero-order valence-corrected chi connectivity index (χ0v) is 22.5. The normalized spacial score (nSPS) is 17.3. The Balaban J connectivity index is 1.34. The fourth-order valence-electron chi connectivity index (χ4n) is 5.61. The summed E-state index contributed by atoms with van der Waals surface area (Å²) < 4.78 is 81.6. The van der Waals surface area contributed by atoms with Gasteiger partial charge in [0.25, 0.3) is 0 Å². The van der Waals surface area contributed by atoms with Gasteiger partial charge in [-0.1, -0.05) is 56.4 Å². The maximum absolute atomic E-state index is 15.2. The van der Waals surface area contributed by atoms with Gasteiger partial charge in [-0.25, -0.2) is 23.1 Å². The first-order chi connectivity index (χ1) is 19.6. The second-order valence-corrected chi connectivity index (χ2v) is 10.6. The zero-order valence-electron chi connectivity index (χ0n) is 22.5. The third kappa shape index (κ3) is 6.56. The molecule has 5 rings (SSSR count). The number of fused-ring (bicyclic) bond motifs is 1. The molecule has 1 aromatic heterocycles. The summed E-state index contributed by atoms with van der Waals surface area (Å²) >= 11 is 0. The molecule has 4 aromatic rings. The van der Waals surface area contributed by atoms with Crippen LogP contribution in [-0.2, 0) is 0 Å². The van der Waals surface area contributed by atoms with E-state index in [4.69, 9.17) is 0 Å². The first-order valence-corrected chi connectivity index (χ1v) is 13.8. The van der Waals surface area contributed by atoms with Crippen molar-refractivity contribution in [3.8, 4) is 34.4 Å². The van der Waals surface area contributed by atoms with Gasteiger partial charge in [0.1, 0.15) is 17.5 Å². The number of aromatic nitrogens is 2. The van der Waals surface area contributed by atoms with Crippen molar-refractivity contribution in [3.05, 3.63) is 83.4 Å². The Hall–Kier alpha value is -3.86. The molecule has 0 spiro atoms. The molecule has 2 nitrogen and oxygen atoms in total. The van der Waals surface area contributed by atoms with Crippen molar-refractivity contribution >= 4 is 10.8 Å². The van der Waals surface area contributed by atoms with Crippen molar-refractivity contribution in [1.82, 2.24) is 9.97 Å². The van der Waals surface area contributed by atoms with E-state index in [1.165, 1.54) is 68.4 Å². The Bertz CT molecular complexity index is 1610. The number of nitrogens with zero attached hydrogens (tertiary/aromatic N) is 2. The quantitative estimate of drug-likeness (QED) is 0.172. The van der Waals surface area contributed by atoms with E-state index in [-0.39, 0.29) is 16.3 Å². The predicted octanol–water partition coefficient (Wildman–Crippen LogP) is 9.76. The minimum absolute atomic E-state index is 0.0665. The van der Waals surface area contributed by atoms with E-state index in [9.17, 15) is 22.0 Å². The van der Waals surface area contributed by atoms with Gasteiger partial charge in [-0.15, -0.1) is 0 Å². The third-order valence-corrected chi connectivity index (χ3v) is 7.85. The molecule has 1 aliphatic rings. The highest BCUT2D eigenvalue weighted by molar-refractivity contribution is 5.89. The summed E-state index contributed by atoms with van der Waals surface area (Å²) in [7, 11) is 0. The standard InChI is InChI=1S/C33H28F6N2/c1-2-3-4-20-5-7-21(8-6-20)25-18-40-32(41-19-25)23-10-11-26(29(34)16-23)22-9-12-27-24(15-22)17-30(35)28(31(27)36)13-14-33(37,38)39/h9-12,15-21H,2-8H2,1H3. The Morgan fingerprint density at radius 2 is 1.56 bits per heavy atom. The first-order valence-electron chi connectivity index (χ1n) is 13.8. The summed E-state index contributed by atoms with van der Waals surface area (Å²) in [4.78, 5) is 8.98. The van der Waals surface area contributed by atoms with Gasteiger partial charge in [0, 0.05) is 34.8 Å². The average Bonchev–Trinajstić information content (AvgIpc) is 2.95. The van der Waals surface area contributed by atoms with E-state index in [1.807, 2.05) is 12.4 Å². The van der Waals surface area contributed by atoms with Crippen LogP contribution >= 0.6 is 0 Å². The van der Waals surface area contributed by atoms with Crippen LogP contribution in [0.2, 0.25) is 0 Å². The highest BCUT2D eigenvalue weighted by Crippen LogP contribution is 2.38. The van der Waals surface area contributed by atoms with Gasteiger partial charge >= 0.3 is 6.18 Å². The van der Waals surface area contributed by atoms with E-state index in [0.717, 1.165) is 36.3 Å². The van der Waals surface area contributed by atoms with Crippen LogP contribution in [0.1, 0.15) is 68.9 Å². The van der Waals surface area contributed by atoms with Gasteiger partial charge in [0.05, 0.1) is 5.56 Å². The lowest BCUT2D eigenvalue weighted by molar-refractivity contribution is -0.0696. The lowest BCUT2D eigenvalue weighted by atomic mass is 9.78. The number of rotatable bonds is 6. The van der Waals surface area contributed by atoms with Crippen LogP contribution in [0.25, 0.3) is 33.3 Å². The average molecular weight is 567 g/mol. The monoisotopic (exact) mass is 566 g/mol. The molecular formula is C33H28F6N2. The summed E-state index contributed by atoms with van der Waals surface area (Å²) in [5.41, 5.74) is 1.16. The Labute approximate surface area is 234 Å². The summed E-state index contributed by atoms with van der Waals surface area (Å²) in [6.45, 7) is 2.22. The summed E-state index contributed by atoms with van der Waals surface area (Å²) in [5, 5.41) is -0.0570. The van der Waals surface area contributed by atoms with Crippen LogP contribution in [0.3, 0.4) is 0 Å². The molecule has 0 N–H and O–H groups in total. The summed E-state index contributed by atoms with van der Waals surface area (Å²) in [6.07, 6.45) is 7.27. The van der Waals surface area contributed by atoms with Crippen molar-refractivity contribution in [3.63, 3.8) is 0 Å². The van der Waals surface area contributed by atoms with Crippen LogP contribution in [-0.4, -0.2) is 16.1 Å². The molecule has 1 aliphatic carbocycles. The van der Waals surface area contributed by atoms with Crippen LogP contribution < -0.4 is 0 Å². The molecule has 0 aliphatic heterocycles. The first kappa shape index (κ1) is 28.7. The van der Waals surface area contributed by atoms with Crippen LogP contribution in [0.5, 0.6) is 0 Å². The van der Waals surface area contributed by atoms with Crippen molar-refractivity contribution < 1.29 is 26.3 Å². The molecule has 0 unspecified atom stereocenters. The SMILES string of the molecule is CCCCC1CCC(c2cnc(-c3ccc(-c4ccc5c(F)c(C#CC(F)(F)F)c(F)cc5c4)c(F)c3)nc2)CC1. The largest absolute Gasteiger partial charge is 0.458 e. The fourth-order valence-corrected chi connectivity index (χ4v) is 5.61. The van der Waals surface area contributed by atoms with Crippen LogP contribution in [0, 0.1) is 35.2 Å². The van der Waals surface area contributed by atoms with Gasteiger partial charge < -0.3 is 0 Å². The lowest BCUT2D eigenvalue weighted by Gasteiger charge is -2.28.